The molecule has 23 heavy (non-hydrogen) atoms. The van der Waals surface area contributed by atoms with Crippen LogP contribution in [-0.2, 0) is 4.79 Å². The first kappa shape index (κ1) is 15.7. The van der Waals surface area contributed by atoms with Crippen LogP contribution in [0.4, 0.5) is 0 Å². The molecule has 0 radical (unpaired) electrons. The van der Waals surface area contributed by atoms with Gasteiger partial charge >= 0.3 is 0 Å². The van der Waals surface area contributed by atoms with Gasteiger partial charge in [-0.3, -0.25) is 9.78 Å². The highest BCUT2D eigenvalue weighted by Crippen LogP contribution is 2.25. The number of nitrogens with one attached hydrogen (secondary N) is 1. The topological polar surface area (TPSA) is 54.4 Å². The van der Waals surface area contributed by atoms with Crippen molar-refractivity contribution in [2.24, 2.45) is 5.10 Å². The number of rotatable bonds is 5. The van der Waals surface area contributed by atoms with Gasteiger partial charge in [0.1, 0.15) is 0 Å². The molecule has 3 aromatic rings. The second-order valence-corrected chi connectivity index (χ2v) is 6.79. The molecule has 0 saturated carbocycles. The van der Waals surface area contributed by atoms with E-state index >= 15 is 0 Å². The molecule has 0 unspecified atom stereocenters. The van der Waals surface area contributed by atoms with E-state index in [0.717, 1.165) is 26.4 Å². The number of para-hydroxylation sites is 1. The number of thiophene rings is 1. The molecule has 0 saturated heterocycles. The van der Waals surface area contributed by atoms with Crippen LogP contribution < -0.4 is 5.43 Å². The summed E-state index contributed by atoms with van der Waals surface area (Å²) in [6.45, 7) is 1.88. The van der Waals surface area contributed by atoms with E-state index in [1.54, 1.807) is 17.5 Å². The normalized spacial score (nSPS) is 11.6. The molecule has 0 aliphatic heterocycles. The number of hydrogen-bond acceptors (Lipinski definition) is 5. The van der Waals surface area contributed by atoms with Crippen LogP contribution in [0.15, 0.2) is 64.0 Å². The van der Waals surface area contributed by atoms with E-state index in [4.69, 9.17) is 0 Å². The lowest BCUT2D eigenvalue weighted by Gasteiger charge is -2.05. The molecule has 1 aromatic carbocycles. The molecule has 0 spiro atoms. The summed E-state index contributed by atoms with van der Waals surface area (Å²) in [5.74, 6) is 0.176. The minimum Gasteiger partial charge on any atom is -0.272 e. The fourth-order valence-corrected chi connectivity index (χ4v) is 3.56. The maximum Gasteiger partial charge on any atom is 0.250 e. The molecule has 2 heterocycles. The third-order valence-electron chi connectivity index (χ3n) is 3.18. The van der Waals surface area contributed by atoms with Gasteiger partial charge in [-0.2, -0.15) is 5.10 Å². The van der Waals surface area contributed by atoms with Crippen LogP contribution in [0.3, 0.4) is 0 Å². The van der Waals surface area contributed by atoms with E-state index < -0.39 is 0 Å². The SMILES string of the molecule is C/C(=N/NC(=O)CSc1cccc2cccnc12)c1cccs1. The highest BCUT2D eigenvalue weighted by Gasteiger charge is 2.06. The molecule has 0 atom stereocenters. The fourth-order valence-electron chi connectivity index (χ4n) is 2.05. The second-order valence-electron chi connectivity index (χ2n) is 4.83. The van der Waals surface area contributed by atoms with Gasteiger partial charge in [-0.15, -0.1) is 23.1 Å². The number of aromatic nitrogens is 1. The molecule has 6 heteroatoms. The Balaban J connectivity index is 1.61. The van der Waals surface area contributed by atoms with Crippen molar-refractivity contribution in [2.75, 3.05) is 5.75 Å². The lowest BCUT2D eigenvalue weighted by Crippen LogP contribution is -2.21. The van der Waals surface area contributed by atoms with E-state index in [9.17, 15) is 4.79 Å². The maximum atomic E-state index is 12.0. The van der Waals surface area contributed by atoms with Crippen LogP contribution >= 0.6 is 23.1 Å². The van der Waals surface area contributed by atoms with Crippen LogP contribution in [0, 0.1) is 0 Å². The van der Waals surface area contributed by atoms with Gasteiger partial charge in [-0.1, -0.05) is 24.3 Å². The molecule has 116 valence electrons. The second kappa shape index (κ2) is 7.39. The Bertz CT molecular complexity index is 839. The van der Waals surface area contributed by atoms with E-state index in [1.807, 2.05) is 54.8 Å². The first-order chi connectivity index (χ1) is 11.2. The number of carbonyl (C=O) groups is 1. The summed E-state index contributed by atoms with van der Waals surface area (Å²) in [5.41, 5.74) is 4.34. The molecule has 1 amide bonds. The number of fused-ring (bicyclic) bond motifs is 1. The zero-order valence-electron chi connectivity index (χ0n) is 12.5. The Morgan fingerprint density at radius 3 is 2.96 bits per heavy atom. The third-order valence-corrected chi connectivity index (χ3v) is 5.21. The lowest BCUT2D eigenvalue weighted by atomic mass is 10.2. The lowest BCUT2D eigenvalue weighted by molar-refractivity contribution is -0.118. The number of thioether (sulfide) groups is 1. The Morgan fingerprint density at radius 1 is 1.26 bits per heavy atom. The molecule has 0 aliphatic carbocycles. The van der Waals surface area contributed by atoms with Gasteiger partial charge in [0.25, 0.3) is 0 Å². The number of hydrazone groups is 1. The van der Waals surface area contributed by atoms with Crippen molar-refractivity contribution in [3.8, 4) is 0 Å². The zero-order chi connectivity index (χ0) is 16.1. The monoisotopic (exact) mass is 341 g/mol. The van der Waals surface area contributed by atoms with Crippen molar-refractivity contribution in [3.05, 3.63) is 58.9 Å². The van der Waals surface area contributed by atoms with Gasteiger partial charge in [0.15, 0.2) is 0 Å². The minimum atomic E-state index is -0.126. The fraction of sp³-hybridized carbons (Fsp3) is 0.118. The molecule has 1 N–H and O–H groups in total. The first-order valence-electron chi connectivity index (χ1n) is 7.07. The summed E-state index contributed by atoms with van der Waals surface area (Å²) in [6.07, 6.45) is 1.77. The Kier molecular flexibility index (Phi) is 5.05. The number of amides is 1. The Labute approximate surface area is 142 Å². The molecule has 0 fully saturated rings. The van der Waals surface area contributed by atoms with Gasteiger partial charge in [0.2, 0.25) is 5.91 Å². The smallest absolute Gasteiger partial charge is 0.250 e. The maximum absolute atomic E-state index is 12.0. The number of benzene rings is 1. The van der Waals surface area contributed by atoms with Crippen LogP contribution in [0.25, 0.3) is 10.9 Å². The largest absolute Gasteiger partial charge is 0.272 e. The third kappa shape index (κ3) is 3.97. The van der Waals surface area contributed by atoms with E-state index in [2.05, 4.69) is 15.5 Å². The molecule has 0 bridgehead atoms. The summed E-state index contributed by atoms with van der Waals surface area (Å²) < 4.78 is 0. The summed E-state index contributed by atoms with van der Waals surface area (Å²) in [6, 6.07) is 13.8. The molecule has 3 rings (SSSR count). The Hall–Kier alpha value is -2.18. The van der Waals surface area contributed by atoms with E-state index in [0.29, 0.717) is 5.75 Å². The van der Waals surface area contributed by atoms with E-state index in [-0.39, 0.29) is 5.91 Å². The summed E-state index contributed by atoms with van der Waals surface area (Å²) in [7, 11) is 0. The van der Waals surface area contributed by atoms with E-state index in [1.165, 1.54) is 11.8 Å². The number of nitrogens with zero attached hydrogens (tertiary/aromatic N) is 2. The highest BCUT2D eigenvalue weighted by atomic mass is 32.2. The van der Waals surface area contributed by atoms with Crippen molar-refractivity contribution in [1.82, 2.24) is 10.4 Å². The van der Waals surface area contributed by atoms with Crippen molar-refractivity contribution < 1.29 is 4.79 Å². The number of carbonyl (C=O) groups excluding carboxylic acids is 1. The average molecular weight is 341 g/mol. The standard InChI is InChI=1S/C17H15N3OS2/c1-12(14-8-4-10-22-14)19-20-16(21)11-23-15-7-2-5-13-6-3-9-18-17(13)15/h2-10H,11H2,1H3,(H,20,21)/b19-12-. The quantitative estimate of drug-likeness (QED) is 0.435. The van der Waals surface area contributed by atoms with Gasteiger partial charge in [-0.05, 0) is 30.5 Å². The molecule has 0 aliphatic rings. The predicted octanol–water partition coefficient (Wildman–Crippen LogP) is 3.93. The van der Waals surface area contributed by atoms with Gasteiger partial charge < -0.3 is 0 Å². The van der Waals surface area contributed by atoms with Crippen molar-refractivity contribution in [1.29, 1.82) is 0 Å². The molecule has 4 nitrogen and oxygen atoms in total. The first-order valence-corrected chi connectivity index (χ1v) is 8.94. The van der Waals surface area contributed by atoms with Gasteiger partial charge in [0, 0.05) is 21.4 Å². The predicted molar refractivity (Wildman–Crippen MR) is 97.1 cm³/mol. The van der Waals surface area contributed by atoms with Gasteiger partial charge in [0.05, 0.1) is 17.0 Å². The number of hydrogen-bond donors (Lipinski definition) is 1. The van der Waals surface area contributed by atoms with Crippen LogP contribution in [0.5, 0.6) is 0 Å². The van der Waals surface area contributed by atoms with Crippen molar-refractivity contribution in [2.45, 2.75) is 11.8 Å². The summed E-state index contributed by atoms with van der Waals surface area (Å²) in [5, 5.41) is 7.20. The summed E-state index contributed by atoms with van der Waals surface area (Å²) in [4.78, 5) is 18.4. The Morgan fingerprint density at radius 2 is 2.13 bits per heavy atom. The van der Waals surface area contributed by atoms with Crippen LogP contribution in [-0.4, -0.2) is 22.4 Å². The summed E-state index contributed by atoms with van der Waals surface area (Å²) >= 11 is 3.06. The zero-order valence-corrected chi connectivity index (χ0v) is 14.2. The van der Waals surface area contributed by atoms with Crippen LogP contribution in [0.1, 0.15) is 11.8 Å². The molecular formula is C17H15N3OS2. The highest BCUT2D eigenvalue weighted by molar-refractivity contribution is 8.00. The molecular weight excluding hydrogens is 326 g/mol. The average Bonchev–Trinajstić information content (AvgIpc) is 3.12. The van der Waals surface area contributed by atoms with Crippen molar-refractivity contribution >= 4 is 45.6 Å². The van der Waals surface area contributed by atoms with Crippen molar-refractivity contribution in [3.63, 3.8) is 0 Å². The molecule has 2 aromatic heterocycles. The number of pyridine rings is 1. The van der Waals surface area contributed by atoms with Crippen LogP contribution in [0.2, 0.25) is 0 Å². The minimum absolute atomic E-state index is 0.126. The van der Waals surface area contributed by atoms with Gasteiger partial charge in [-0.25, -0.2) is 5.43 Å².